The van der Waals surface area contributed by atoms with Crippen molar-refractivity contribution < 1.29 is 9.59 Å². The number of aryl methyl sites for hydroxylation is 1. The summed E-state index contributed by atoms with van der Waals surface area (Å²) < 4.78 is 0. The van der Waals surface area contributed by atoms with Gasteiger partial charge in [-0.2, -0.15) is 0 Å². The molecule has 0 aromatic heterocycles. The van der Waals surface area contributed by atoms with Crippen molar-refractivity contribution in [1.29, 1.82) is 0 Å². The Morgan fingerprint density at radius 1 is 1.30 bits per heavy atom. The first-order chi connectivity index (χ1) is 9.47. The highest BCUT2D eigenvalue weighted by Crippen LogP contribution is 2.21. The highest BCUT2D eigenvalue weighted by Gasteiger charge is 2.16. The number of anilines is 2. The molecule has 1 rings (SSSR count). The minimum atomic E-state index is -0.177. The van der Waals surface area contributed by atoms with Gasteiger partial charge >= 0.3 is 0 Å². The highest BCUT2D eigenvalue weighted by atomic mass is 16.2. The maximum Gasteiger partial charge on any atom is 0.228 e. The van der Waals surface area contributed by atoms with Gasteiger partial charge in [0.05, 0.1) is 5.92 Å². The summed E-state index contributed by atoms with van der Waals surface area (Å²) in [5, 5.41) is 5.59. The highest BCUT2D eigenvalue weighted by molar-refractivity contribution is 5.95. The van der Waals surface area contributed by atoms with Crippen LogP contribution in [0.2, 0.25) is 0 Å². The molecular formula is C15H23N3O2. The minimum Gasteiger partial charge on any atom is -0.330 e. The van der Waals surface area contributed by atoms with Gasteiger partial charge in [0.25, 0.3) is 0 Å². The molecule has 0 spiro atoms. The average molecular weight is 277 g/mol. The summed E-state index contributed by atoms with van der Waals surface area (Å²) in [6.45, 7) is 5.72. The number of nitrogens with one attached hydrogen (secondary N) is 2. The maximum absolute atomic E-state index is 12.1. The zero-order chi connectivity index (χ0) is 15.1. The molecule has 0 radical (unpaired) electrons. The van der Waals surface area contributed by atoms with Gasteiger partial charge in [-0.05, 0) is 31.0 Å². The molecule has 4 N–H and O–H groups in total. The molecule has 1 aromatic carbocycles. The normalized spacial score (nSPS) is 11.8. The lowest BCUT2D eigenvalue weighted by molar-refractivity contribution is -0.119. The number of hydrogen-bond acceptors (Lipinski definition) is 3. The molecular weight excluding hydrogens is 254 g/mol. The van der Waals surface area contributed by atoms with Crippen LogP contribution in [0.4, 0.5) is 11.4 Å². The van der Waals surface area contributed by atoms with Crippen LogP contribution in [-0.4, -0.2) is 18.4 Å². The van der Waals surface area contributed by atoms with Crippen LogP contribution in [0.25, 0.3) is 0 Å². The molecule has 0 saturated heterocycles. The second-order valence-electron chi connectivity index (χ2n) is 4.92. The molecule has 2 amide bonds. The fourth-order valence-electron chi connectivity index (χ4n) is 1.98. The van der Waals surface area contributed by atoms with E-state index in [1.54, 1.807) is 12.1 Å². The standard InChI is InChI=1S/C15H23N3O2/c1-4-5-12(9-16)15(20)18-14-8-13(17-11(3)19)7-6-10(14)2/h6-8,12H,4-5,9,16H2,1-3H3,(H,17,19)(H,18,20). The molecule has 0 fully saturated rings. The molecule has 1 aromatic rings. The molecule has 5 nitrogen and oxygen atoms in total. The number of benzene rings is 1. The number of nitrogens with two attached hydrogens (primary N) is 1. The minimum absolute atomic E-state index is 0.0718. The number of amides is 2. The second kappa shape index (κ2) is 7.65. The SMILES string of the molecule is CCCC(CN)C(=O)Nc1cc(NC(C)=O)ccc1C. The van der Waals surface area contributed by atoms with E-state index in [2.05, 4.69) is 10.6 Å². The van der Waals surface area contributed by atoms with E-state index >= 15 is 0 Å². The Bertz CT molecular complexity index is 486. The molecule has 0 heterocycles. The molecule has 0 saturated carbocycles. The van der Waals surface area contributed by atoms with Crippen LogP contribution >= 0.6 is 0 Å². The van der Waals surface area contributed by atoms with Crippen molar-refractivity contribution in [2.45, 2.75) is 33.6 Å². The third-order valence-electron chi connectivity index (χ3n) is 3.11. The molecule has 0 bridgehead atoms. The number of rotatable bonds is 6. The number of carbonyl (C=O) groups excluding carboxylic acids is 2. The van der Waals surface area contributed by atoms with Gasteiger partial charge in [0.15, 0.2) is 0 Å². The van der Waals surface area contributed by atoms with Gasteiger partial charge in [-0.15, -0.1) is 0 Å². The average Bonchev–Trinajstić information content (AvgIpc) is 2.39. The monoisotopic (exact) mass is 277 g/mol. The van der Waals surface area contributed by atoms with Gasteiger partial charge in [0.2, 0.25) is 11.8 Å². The summed E-state index contributed by atoms with van der Waals surface area (Å²) in [5.74, 6) is -0.391. The van der Waals surface area contributed by atoms with Gasteiger partial charge in [0.1, 0.15) is 0 Å². The van der Waals surface area contributed by atoms with E-state index in [1.807, 2.05) is 19.9 Å². The fourth-order valence-corrected chi connectivity index (χ4v) is 1.98. The topological polar surface area (TPSA) is 84.2 Å². The second-order valence-corrected chi connectivity index (χ2v) is 4.92. The van der Waals surface area contributed by atoms with Crippen LogP contribution in [0.5, 0.6) is 0 Å². The maximum atomic E-state index is 12.1. The predicted molar refractivity (Wildman–Crippen MR) is 81.6 cm³/mol. The van der Waals surface area contributed by atoms with E-state index in [0.717, 1.165) is 18.4 Å². The lowest BCUT2D eigenvalue weighted by atomic mass is 10.0. The molecule has 1 atom stereocenters. The van der Waals surface area contributed by atoms with Crippen molar-refractivity contribution in [3.8, 4) is 0 Å². The van der Waals surface area contributed by atoms with Crippen molar-refractivity contribution >= 4 is 23.2 Å². The molecule has 0 aliphatic heterocycles. The Hall–Kier alpha value is -1.88. The lowest BCUT2D eigenvalue weighted by Gasteiger charge is -2.16. The van der Waals surface area contributed by atoms with Crippen LogP contribution < -0.4 is 16.4 Å². The zero-order valence-corrected chi connectivity index (χ0v) is 12.3. The van der Waals surface area contributed by atoms with Crippen molar-refractivity contribution in [1.82, 2.24) is 0 Å². The molecule has 0 aliphatic rings. The quantitative estimate of drug-likeness (QED) is 0.745. The number of carbonyl (C=O) groups is 2. The van der Waals surface area contributed by atoms with Crippen molar-refractivity contribution in [3.05, 3.63) is 23.8 Å². The van der Waals surface area contributed by atoms with Gasteiger partial charge in [0, 0.05) is 24.8 Å². The lowest BCUT2D eigenvalue weighted by Crippen LogP contribution is -2.29. The number of hydrogen-bond donors (Lipinski definition) is 3. The molecule has 1 unspecified atom stereocenters. The Labute approximate surface area is 119 Å². The third kappa shape index (κ3) is 4.66. The summed E-state index contributed by atoms with van der Waals surface area (Å²) in [7, 11) is 0. The van der Waals surface area contributed by atoms with Gasteiger partial charge < -0.3 is 16.4 Å². The smallest absolute Gasteiger partial charge is 0.228 e. The molecule has 0 aliphatic carbocycles. The van der Waals surface area contributed by atoms with Crippen LogP contribution in [-0.2, 0) is 9.59 Å². The van der Waals surface area contributed by atoms with Crippen LogP contribution in [0.15, 0.2) is 18.2 Å². The summed E-state index contributed by atoms with van der Waals surface area (Å²) in [4.78, 5) is 23.2. The Kier molecular flexibility index (Phi) is 6.18. The molecule has 20 heavy (non-hydrogen) atoms. The van der Waals surface area contributed by atoms with E-state index in [9.17, 15) is 9.59 Å². The van der Waals surface area contributed by atoms with Crippen molar-refractivity contribution in [3.63, 3.8) is 0 Å². The molecule has 110 valence electrons. The Morgan fingerprint density at radius 2 is 2.00 bits per heavy atom. The summed E-state index contributed by atoms with van der Waals surface area (Å²) in [5.41, 5.74) is 7.94. The van der Waals surface area contributed by atoms with Crippen molar-refractivity contribution in [2.75, 3.05) is 17.2 Å². The first-order valence-corrected chi connectivity index (χ1v) is 6.87. The van der Waals surface area contributed by atoms with Gasteiger partial charge in [-0.25, -0.2) is 0 Å². The van der Waals surface area contributed by atoms with E-state index in [-0.39, 0.29) is 17.7 Å². The Balaban J connectivity index is 2.84. The molecule has 5 heteroatoms. The predicted octanol–water partition coefficient (Wildman–Crippen LogP) is 2.27. The zero-order valence-electron chi connectivity index (χ0n) is 12.3. The Morgan fingerprint density at radius 3 is 2.55 bits per heavy atom. The summed E-state index contributed by atoms with van der Waals surface area (Å²) >= 11 is 0. The van der Waals surface area contributed by atoms with Gasteiger partial charge in [-0.3, -0.25) is 9.59 Å². The fraction of sp³-hybridized carbons (Fsp3) is 0.467. The van der Waals surface area contributed by atoms with Crippen molar-refractivity contribution in [2.24, 2.45) is 11.7 Å². The summed E-state index contributed by atoms with van der Waals surface area (Å²) in [6, 6.07) is 5.42. The van der Waals surface area contributed by atoms with E-state index in [0.29, 0.717) is 17.9 Å². The van der Waals surface area contributed by atoms with Crippen LogP contribution in [0, 0.1) is 12.8 Å². The van der Waals surface area contributed by atoms with E-state index in [4.69, 9.17) is 5.73 Å². The third-order valence-corrected chi connectivity index (χ3v) is 3.11. The van der Waals surface area contributed by atoms with Gasteiger partial charge in [-0.1, -0.05) is 19.4 Å². The van der Waals surface area contributed by atoms with Crippen LogP contribution in [0.1, 0.15) is 32.3 Å². The first-order valence-electron chi connectivity index (χ1n) is 6.87. The van der Waals surface area contributed by atoms with Crippen LogP contribution in [0.3, 0.4) is 0 Å². The van der Waals surface area contributed by atoms with E-state index < -0.39 is 0 Å². The summed E-state index contributed by atoms with van der Waals surface area (Å²) in [6.07, 6.45) is 1.69. The van der Waals surface area contributed by atoms with E-state index in [1.165, 1.54) is 6.92 Å². The first kappa shape index (κ1) is 16.2. The largest absolute Gasteiger partial charge is 0.330 e.